The number of hydrogen-bond donors (Lipinski definition) is 0. The molecule has 13 heavy (non-hydrogen) atoms. The van der Waals surface area contributed by atoms with Crippen LogP contribution in [0.5, 0.6) is 0 Å². The van der Waals surface area contributed by atoms with Crippen LogP contribution in [-0.4, -0.2) is 4.92 Å². The van der Waals surface area contributed by atoms with Gasteiger partial charge in [0.1, 0.15) is 0 Å². The van der Waals surface area contributed by atoms with E-state index in [1.54, 1.807) is 6.07 Å². The van der Waals surface area contributed by atoms with Crippen LogP contribution in [0.15, 0.2) is 22.7 Å². The Labute approximate surface area is 85.0 Å². The molecular weight excluding hydrogens is 234 g/mol. The first-order valence-corrected chi connectivity index (χ1v) is 4.56. The number of rotatable bonds is 2. The van der Waals surface area contributed by atoms with Crippen molar-refractivity contribution in [3.8, 4) is 0 Å². The summed E-state index contributed by atoms with van der Waals surface area (Å²) in [6.45, 7) is 3.84. The topological polar surface area (TPSA) is 43.1 Å². The molecule has 0 atom stereocenters. The Kier molecular flexibility index (Phi) is 3.03. The molecule has 0 spiro atoms. The van der Waals surface area contributed by atoms with Crippen molar-refractivity contribution < 1.29 is 4.92 Å². The summed E-state index contributed by atoms with van der Waals surface area (Å²) in [7, 11) is 0. The minimum absolute atomic E-state index is 0.110. The number of benzene rings is 1. The van der Waals surface area contributed by atoms with E-state index >= 15 is 0 Å². The summed E-state index contributed by atoms with van der Waals surface area (Å²) >= 11 is 3.22. The fourth-order valence-electron chi connectivity index (χ4n) is 1.05. The Balaban J connectivity index is 3.26. The van der Waals surface area contributed by atoms with E-state index in [0.717, 1.165) is 11.5 Å². The van der Waals surface area contributed by atoms with Gasteiger partial charge in [-0.3, -0.25) is 10.1 Å². The van der Waals surface area contributed by atoms with Gasteiger partial charge in [0.05, 0.1) is 9.40 Å². The molecule has 0 aliphatic carbocycles. The zero-order valence-electron chi connectivity index (χ0n) is 7.37. The van der Waals surface area contributed by atoms with Crippen molar-refractivity contribution in [1.29, 1.82) is 0 Å². The lowest BCUT2D eigenvalue weighted by Crippen LogP contribution is -1.95. The highest BCUT2D eigenvalue weighted by molar-refractivity contribution is 9.10. The molecule has 0 bridgehead atoms. The highest BCUT2D eigenvalue weighted by Crippen LogP contribution is 2.31. The largest absolute Gasteiger partial charge is 0.283 e. The Morgan fingerprint density at radius 1 is 1.46 bits per heavy atom. The van der Waals surface area contributed by atoms with E-state index in [1.165, 1.54) is 6.07 Å². The lowest BCUT2D eigenvalue weighted by Gasteiger charge is -2.06. The average molecular weight is 243 g/mol. The van der Waals surface area contributed by atoms with Crippen molar-refractivity contribution in [1.82, 2.24) is 0 Å². The monoisotopic (exact) mass is 242 g/mol. The Morgan fingerprint density at radius 2 is 2.08 bits per heavy atom. The zero-order chi connectivity index (χ0) is 10.0. The first-order valence-electron chi connectivity index (χ1n) is 3.77. The van der Waals surface area contributed by atoms with Gasteiger partial charge in [-0.25, -0.2) is 0 Å². The van der Waals surface area contributed by atoms with Crippen LogP contribution in [0.25, 0.3) is 0 Å². The maximum absolute atomic E-state index is 10.6. The van der Waals surface area contributed by atoms with E-state index in [2.05, 4.69) is 15.9 Å². The number of halogens is 1. The van der Waals surface area contributed by atoms with Crippen LogP contribution in [-0.2, 0) is 0 Å². The lowest BCUT2D eigenvalue weighted by molar-refractivity contribution is -0.385. The summed E-state index contributed by atoms with van der Waals surface area (Å²) < 4.78 is 0.556. The molecule has 0 amide bonds. The standard InChI is InChI=1S/C9H9BrNO2/c1-6(2)7-4-3-5-8(9(7)10)11(12)13/h3-5H,1-2H3. The molecule has 0 N–H and O–H groups in total. The first kappa shape index (κ1) is 10.2. The molecule has 0 aliphatic rings. The van der Waals surface area contributed by atoms with Gasteiger partial charge in [-0.05, 0) is 21.5 Å². The van der Waals surface area contributed by atoms with Crippen molar-refractivity contribution in [2.45, 2.75) is 13.8 Å². The molecule has 3 nitrogen and oxygen atoms in total. The molecule has 1 aromatic carbocycles. The normalized spacial score (nSPS) is 10.5. The fourth-order valence-corrected chi connectivity index (χ4v) is 1.85. The summed E-state index contributed by atoms with van der Waals surface area (Å²) in [4.78, 5) is 10.2. The second-order valence-corrected chi connectivity index (χ2v) is 3.69. The van der Waals surface area contributed by atoms with Gasteiger partial charge in [0.2, 0.25) is 0 Å². The van der Waals surface area contributed by atoms with Gasteiger partial charge in [0, 0.05) is 12.0 Å². The van der Waals surface area contributed by atoms with E-state index in [4.69, 9.17) is 0 Å². The molecule has 0 saturated carbocycles. The third kappa shape index (κ3) is 2.06. The van der Waals surface area contributed by atoms with E-state index in [1.807, 2.05) is 19.9 Å². The first-order chi connectivity index (χ1) is 6.04. The third-order valence-electron chi connectivity index (χ3n) is 1.71. The molecule has 1 rings (SSSR count). The van der Waals surface area contributed by atoms with E-state index in [-0.39, 0.29) is 5.69 Å². The van der Waals surface area contributed by atoms with Gasteiger partial charge in [-0.2, -0.15) is 0 Å². The van der Waals surface area contributed by atoms with Crippen LogP contribution in [0.2, 0.25) is 0 Å². The van der Waals surface area contributed by atoms with Crippen LogP contribution in [0.1, 0.15) is 19.4 Å². The quantitative estimate of drug-likeness (QED) is 0.590. The number of nitro groups is 1. The predicted molar refractivity (Wildman–Crippen MR) is 54.5 cm³/mol. The molecule has 0 heterocycles. The molecule has 0 fully saturated rings. The highest BCUT2D eigenvalue weighted by atomic mass is 79.9. The van der Waals surface area contributed by atoms with Crippen molar-refractivity contribution in [3.05, 3.63) is 44.3 Å². The van der Waals surface area contributed by atoms with Crippen molar-refractivity contribution >= 4 is 21.6 Å². The number of nitro benzene ring substituents is 1. The minimum Gasteiger partial charge on any atom is -0.258 e. The molecule has 0 aliphatic heterocycles. The van der Waals surface area contributed by atoms with Gasteiger partial charge in [0.15, 0.2) is 0 Å². The van der Waals surface area contributed by atoms with Crippen LogP contribution < -0.4 is 0 Å². The summed E-state index contributed by atoms with van der Waals surface area (Å²) in [5.74, 6) is 1.05. The molecule has 0 aromatic heterocycles. The van der Waals surface area contributed by atoms with Crippen LogP contribution >= 0.6 is 15.9 Å². The maximum Gasteiger partial charge on any atom is 0.283 e. The SMILES string of the molecule is C[C](C)c1cccc([N+](=O)[O-])c1Br. The summed E-state index contributed by atoms with van der Waals surface area (Å²) in [5, 5.41) is 10.6. The van der Waals surface area contributed by atoms with Gasteiger partial charge in [-0.15, -0.1) is 0 Å². The molecule has 4 heteroatoms. The van der Waals surface area contributed by atoms with Crippen LogP contribution in [0.3, 0.4) is 0 Å². The minimum atomic E-state index is -0.392. The third-order valence-corrected chi connectivity index (χ3v) is 2.55. The van der Waals surface area contributed by atoms with Crippen molar-refractivity contribution in [3.63, 3.8) is 0 Å². The summed E-state index contributed by atoms with van der Waals surface area (Å²) in [5.41, 5.74) is 0.993. The second kappa shape index (κ2) is 3.87. The molecular formula is C9H9BrNO2. The maximum atomic E-state index is 10.6. The van der Waals surface area contributed by atoms with Crippen molar-refractivity contribution in [2.24, 2.45) is 0 Å². The number of hydrogen-bond acceptors (Lipinski definition) is 2. The van der Waals surface area contributed by atoms with Crippen LogP contribution in [0, 0.1) is 16.0 Å². The molecule has 1 radical (unpaired) electrons. The Morgan fingerprint density at radius 3 is 2.54 bits per heavy atom. The van der Waals surface area contributed by atoms with E-state index in [9.17, 15) is 10.1 Å². The summed E-state index contributed by atoms with van der Waals surface area (Å²) in [6.07, 6.45) is 0. The highest BCUT2D eigenvalue weighted by Gasteiger charge is 2.16. The number of nitrogens with zero attached hydrogens (tertiary/aromatic N) is 1. The van der Waals surface area contributed by atoms with Gasteiger partial charge in [0.25, 0.3) is 5.69 Å². The smallest absolute Gasteiger partial charge is 0.258 e. The fraction of sp³-hybridized carbons (Fsp3) is 0.222. The lowest BCUT2D eigenvalue weighted by atomic mass is 10.0. The Bertz CT molecular complexity index is 336. The van der Waals surface area contributed by atoms with Crippen LogP contribution in [0.4, 0.5) is 5.69 Å². The predicted octanol–water partition coefficient (Wildman–Crippen LogP) is 3.32. The van der Waals surface area contributed by atoms with Gasteiger partial charge in [-0.1, -0.05) is 26.0 Å². The Hall–Kier alpha value is -0.900. The molecule has 1 aromatic rings. The average Bonchev–Trinajstić information content (AvgIpc) is 2.03. The van der Waals surface area contributed by atoms with Gasteiger partial charge >= 0.3 is 0 Å². The molecule has 0 unspecified atom stereocenters. The van der Waals surface area contributed by atoms with E-state index in [0.29, 0.717) is 4.47 Å². The second-order valence-electron chi connectivity index (χ2n) is 2.90. The van der Waals surface area contributed by atoms with Crippen molar-refractivity contribution in [2.75, 3.05) is 0 Å². The zero-order valence-corrected chi connectivity index (χ0v) is 8.96. The summed E-state index contributed by atoms with van der Waals surface area (Å²) in [6, 6.07) is 5.02. The van der Waals surface area contributed by atoms with E-state index < -0.39 is 4.92 Å². The van der Waals surface area contributed by atoms with Gasteiger partial charge < -0.3 is 0 Å². The molecule has 69 valence electrons. The molecule has 0 saturated heterocycles.